The molecule has 170 valence electrons. The maximum absolute atomic E-state index is 12.0. The van der Waals surface area contributed by atoms with Gasteiger partial charge in [0.2, 0.25) is 0 Å². The number of guanidine groups is 1. The maximum atomic E-state index is 12.0. The zero-order valence-corrected chi connectivity index (χ0v) is 21.3. The van der Waals surface area contributed by atoms with E-state index < -0.39 is 5.60 Å². The molecule has 2 aromatic rings. The summed E-state index contributed by atoms with van der Waals surface area (Å²) < 4.78 is 7.21. The van der Waals surface area contributed by atoms with Gasteiger partial charge in [-0.3, -0.25) is 4.99 Å². The SMILES string of the molecule is CN=C(NCc1ccc(-n2nc(C)cc2C)nc1)NC1CN(C(=O)OC(C)(C)C)C1.I. The first-order valence-electron chi connectivity index (χ1n) is 10.1. The van der Waals surface area contributed by atoms with Crippen LogP contribution in [0.25, 0.3) is 5.82 Å². The highest BCUT2D eigenvalue weighted by Gasteiger charge is 2.34. The minimum Gasteiger partial charge on any atom is -0.444 e. The van der Waals surface area contributed by atoms with Crippen molar-refractivity contribution in [1.29, 1.82) is 0 Å². The average Bonchev–Trinajstić information content (AvgIpc) is 2.97. The molecule has 2 N–H and O–H groups in total. The highest BCUT2D eigenvalue weighted by Crippen LogP contribution is 2.15. The van der Waals surface area contributed by atoms with Crippen molar-refractivity contribution in [3.63, 3.8) is 0 Å². The lowest BCUT2D eigenvalue weighted by molar-refractivity contribution is 0.00701. The van der Waals surface area contributed by atoms with E-state index in [4.69, 9.17) is 4.74 Å². The van der Waals surface area contributed by atoms with Gasteiger partial charge in [0.05, 0.1) is 11.7 Å². The number of likely N-dealkylation sites (tertiary alicyclic amines) is 1. The summed E-state index contributed by atoms with van der Waals surface area (Å²) in [6, 6.07) is 6.15. The standard InChI is InChI=1S/C21H31N7O2.HI/c1-14-9-15(2)28(26-14)18-8-7-16(10-23-18)11-24-19(22-6)25-17-12-27(13-17)20(29)30-21(3,4)5;/h7-10,17H,11-13H2,1-6H3,(H2,22,24,25);1H. The Morgan fingerprint density at radius 1 is 1.29 bits per heavy atom. The zero-order valence-electron chi connectivity index (χ0n) is 19.0. The van der Waals surface area contributed by atoms with Crippen LogP contribution in [-0.2, 0) is 11.3 Å². The number of aliphatic imine (C=N–C) groups is 1. The van der Waals surface area contributed by atoms with Crippen LogP contribution in [0.1, 0.15) is 37.7 Å². The van der Waals surface area contributed by atoms with Crippen molar-refractivity contribution in [2.75, 3.05) is 20.1 Å². The fourth-order valence-electron chi connectivity index (χ4n) is 3.13. The Morgan fingerprint density at radius 2 is 2.00 bits per heavy atom. The summed E-state index contributed by atoms with van der Waals surface area (Å²) >= 11 is 0. The van der Waals surface area contributed by atoms with E-state index >= 15 is 0 Å². The Balaban J connectivity index is 0.00000341. The molecule has 0 aliphatic carbocycles. The number of pyridine rings is 1. The number of halogens is 1. The molecular weight excluding hydrogens is 509 g/mol. The van der Waals surface area contributed by atoms with Gasteiger partial charge in [0.15, 0.2) is 11.8 Å². The Labute approximate surface area is 200 Å². The molecule has 2 aromatic heterocycles. The fraction of sp³-hybridized carbons (Fsp3) is 0.524. The second-order valence-corrected chi connectivity index (χ2v) is 8.52. The number of carbonyl (C=O) groups is 1. The van der Waals surface area contributed by atoms with Crippen LogP contribution in [0.2, 0.25) is 0 Å². The summed E-state index contributed by atoms with van der Waals surface area (Å²) in [5, 5.41) is 11.1. The summed E-state index contributed by atoms with van der Waals surface area (Å²) in [7, 11) is 1.73. The van der Waals surface area contributed by atoms with Crippen LogP contribution >= 0.6 is 24.0 Å². The molecule has 0 unspecified atom stereocenters. The number of ether oxygens (including phenoxy) is 1. The molecule has 1 fully saturated rings. The number of rotatable bonds is 4. The molecule has 0 radical (unpaired) electrons. The molecule has 0 atom stereocenters. The number of nitrogens with one attached hydrogen (secondary N) is 2. The summed E-state index contributed by atoms with van der Waals surface area (Å²) in [6.45, 7) is 11.3. The van der Waals surface area contributed by atoms with E-state index in [0.29, 0.717) is 25.6 Å². The van der Waals surface area contributed by atoms with Crippen LogP contribution in [0.3, 0.4) is 0 Å². The summed E-state index contributed by atoms with van der Waals surface area (Å²) in [6.07, 6.45) is 1.55. The zero-order chi connectivity index (χ0) is 21.9. The third-order valence-corrected chi connectivity index (χ3v) is 4.59. The van der Waals surface area contributed by atoms with Crippen molar-refractivity contribution in [2.24, 2.45) is 4.99 Å². The van der Waals surface area contributed by atoms with Gasteiger partial charge in [-0.15, -0.1) is 24.0 Å². The fourth-order valence-corrected chi connectivity index (χ4v) is 3.13. The summed E-state index contributed by atoms with van der Waals surface area (Å²) in [4.78, 5) is 22.5. The van der Waals surface area contributed by atoms with Gasteiger partial charge in [0.25, 0.3) is 0 Å². The predicted octanol–water partition coefficient (Wildman–Crippen LogP) is 2.79. The van der Waals surface area contributed by atoms with E-state index in [1.807, 2.05) is 63.7 Å². The third-order valence-electron chi connectivity index (χ3n) is 4.59. The molecule has 9 nitrogen and oxygen atoms in total. The number of aryl methyl sites for hydroxylation is 2. The molecule has 1 aliphatic heterocycles. The quantitative estimate of drug-likeness (QED) is 0.351. The summed E-state index contributed by atoms with van der Waals surface area (Å²) in [5.74, 6) is 1.48. The molecule has 1 aliphatic rings. The molecule has 0 bridgehead atoms. The number of hydrogen-bond acceptors (Lipinski definition) is 5. The molecule has 0 spiro atoms. The van der Waals surface area contributed by atoms with Gasteiger partial charge in [0.1, 0.15) is 5.60 Å². The minimum atomic E-state index is -0.480. The molecule has 3 rings (SSSR count). The Hall–Kier alpha value is -2.37. The lowest BCUT2D eigenvalue weighted by atomic mass is 10.1. The first-order chi connectivity index (χ1) is 14.1. The lowest BCUT2D eigenvalue weighted by Gasteiger charge is -2.40. The molecule has 0 saturated carbocycles. The van der Waals surface area contributed by atoms with Crippen LogP contribution in [0.5, 0.6) is 0 Å². The van der Waals surface area contributed by atoms with Gasteiger partial charge in [-0.1, -0.05) is 6.07 Å². The molecule has 3 heterocycles. The second kappa shape index (κ2) is 10.3. The van der Waals surface area contributed by atoms with Crippen LogP contribution in [0, 0.1) is 13.8 Å². The third kappa shape index (κ3) is 6.81. The van der Waals surface area contributed by atoms with E-state index in [2.05, 4.69) is 25.7 Å². The Morgan fingerprint density at radius 3 is 2.52 bits per heavy atom. The first kappa shape index (κ1) is 24.9. The van der Waals surface area contributed by atoms with Crippen molar-refractivity contribution in [2.45, 2.75) is 52.8 Å². The predicted molar refractivity (Wildman–Crippen MR) is 131 cm³/mol. The van der Waals surface area contributed by atoms with E-state index in [1.54, 1.807) is 11.9 Å². The highest BCUT2D eigenvalue weighted by atomic mass is 127. The van der Waals surface area contributed by atoms with Crippen LogP contribution in [-0.4, -0.2) is 63.5 Å². The van der Waals surface area contributed by atoms with Gasteiger partial charge in [-0.2, -0.15) is 5.10 Å². The van der Waals surface area contributed by atoms with Crippen molar-refractivity contribution in [3.8, 4) is 5.82 Å². The number of aromatic nitrogens is 3. The van der Waals surface area contributed by atoms with E-state index in [1.165, 1.54) is 0 Å². The number of nitrogens with zero attached hydrogens (tertiary/aromatic N) is 5. The maximum Gasteiger partial charge on any atom is 0.410 e. The summed E-state index contributed by atoms with van der Waals surface area (Å²) in [5.41, 5.74) is 2.57. The van der Waals surface area contributed by atoms with Gasteiger partial charge in [-0.05, 0) is 52.3 Å². The largest absolute Gasteiger partial charge is 0.444 e. The molecule has 1 saturated heterocycles. The van der Waals surface area contributed by atoms with Crippen molar-refractivity contribution < 1.29 is 9.53 Å². The molecular formula is C21H32IN7O2. The topological polar surface area (TPSA) is 96.7 Å². The molecule has 10 heteroatoms. The van der Waals surface area contributed by atoms with Gasteiger partial charge < -0.3 is 20.3 Å². The number of carbonyl (C=O) groups excluding carboxylic acids is 1. The van der Waals surface area contributed by atoms with E-state index in [0.717, 1.165) is 22.8 Å². The Bertz CT molecular complexity index is 913. The number of hydrogen-bond donors (Lipinski definition) is 2. The van der Waals surface area contributed by atoms with Gasteiger partial charge >= 0.3 is 6.09 Å². The lowest BCUT2D eigenvalue weighted by Crippen LogP contribution is -2.63. The molecule has 31 heavy (non-hydrogen) atoms. The number of amides is 1. The van der Waals surface area contributed by atoms with Crippen molar-refractivity contribution >= 4 is 36.0 Å². The van der Waals surface area contributed by atoms with Gasteiger partial charge in [0, 0.05) is 38.6 Å². The smallest absolute Gasteiger partial charge is 0.410 e. The first-order valence-corrected chi connectivity index (χ1v) is 10.1. The molecule has 0 aromatic carbocycles. The minimum absolute atomic E-state index is 0. The molecule has 1 amide bonds. The van der Waals surface area contributed by atoms with E-state index in [-0.39, 0.29) is 36.1 Å². The highest BCUT2D eigenvalue weighted by molar-refractivity contribution is 14.0. The van der Waals surface area contributed by atoms with Crippen LogP contribution in [0.15, 0.2) is 29.4 Å². The monoisotopic (exact) mass is 541 g/mol. The van der Waals surface area contributed by atoms with Crippen LogP contribution < -0.4 is 10.6 Å². The normalized spacial score (nSPS) is 14.5. The second-order valence-electron chi connectivity index (χ2n) is 8.52. The van der Waals surface area contributed by atoms with Crippen molar-refractivity contribution in [1.82, 2.24) is 30.3 Å². The average molecular weight is 541 g/mol. The van der Waals surface area contributed by atoms with E-state index in [9.17, 15) is 4.79 Å². The van der Waals surface area contributed by atoms with Crippen LogP contribution in [0.4, 0.5) is 4.79 Å². The Kier molecular flexibility index (Phi) is 8.27. The van der Waals surface area contributed by atoms with Crippen molar-refractivity contribution in [3.05, 3.63) is 41.3 Å². The van der Waals surface area contributed by atoms with Gasteiger partial charge in [-0.25, -0.2) is 14.5 Å².